The van der Waals surface area contributed by atoms with E-state index in [4.69, 9.17) is 4.98 Å². The Hall–Kier alpha value is -3.46. The van der Waals surface area contributed by atoms with Gasteiger partial charge in [-0.25, -0.2) is 31.9 Å². The molecule has 208 valence electrons. The minimum absolute atomic E-state index is 0.0417. The molecule has 3 aromatic heterocycles. The first-order valence-corrected chi connectivity index (χ1v) is 15.5. The quantitative estimate of drug-likeness (QED) is 0.250. The summed E-state index contributed by atoms with van der Waals surface area (Å²) in [6, 6.07) is 9.51. The van der Waals surface area contributed by atoms with Crippen molar-refractivity contribution in [1.29, 1.82) is 0 Å². The Morgan fingerprint density at radius 3 is 2.50 bits per heavy atom. The average molecular weight is 603 g/mol. The molecule has 1 atom stereocenters. The van der Waals surface area contributed by atoms with Crippen LogP contribution in [0.1, 0.15) is 24.2 Å². The number of halogens is 2. The SMILES string of the molecule is CNS(=O)(=O)c1nn(C)c2c(-c3cc4sc(SC)nc4nc3C(Cc3cc(F)cc(F)c3)NC(C)=O)cccc12. The van der Waals surface area contributed by atoms with Crippen molar-refractivity contribution in [3.63, 3.8) is 0 Å². The highest BCUT2D eigenvalue weighted by atomic mass is 32.2. The molecule has 1 amide bonds. The maximum absolute atomic E-state index is 14.1. The molecule has 0 saturated carbocycles. The lowest BCUT2D eigenvalue weighted by molar-refractivity contribution is -0.119. The number of carbonyl (C=O) groups excluding carboxylic acids is 1. The topological polar surface area (TPSA) is 119 Å². The van der Waals surface area contributed by atoms with Crippen molar-refractivity contribution in [3.05, 3.63) is 65.4 Å². The number of fused-ring (bicyclic) bond motifs is 2. The van der Waals surface area contributed by atoms with Crippen LogP contribution in [0, 0.1) is 11.6 Å². The van der Waals surface area contributed by atoms with E-state index >= 15 is 0 Å². The molecule has 2 N–H and O–H groups in total. The highest BCUT2D eigenvalue weighted by Crippen LogP contribution is 2.39. The Labute approximate surface area is 237 Å². The zero-order chi connectivity index (χ0) is 28.8. The lowest BCUT2D eigenvalue weighted by atomic mass is 9.94. The molecule has 1 unspecified atom stereocenters. The third kappa shape index (κ3) is 5.31. The summed E-state index contributed by atoms with van der Waals surface area (Å²) in [6.07, 6.45) is 1.94. The second-order valence-electron chi connectivity index (χ2n) is 9.00. The fourth-order valence-electron chi connectivity index (χ4n) is 4.67. The molecule has 0 fully saturated rings. The molecule has 5 aromatic rings. The standard InChI is InChI=1S/C26H24F2N6O3S3/c1-13(35)30-20(10-14-8-15(27)11-16(28)9-14)22-19(12-21-24(31-22)32-26(38-4)39-21)17-6-5-7-18-23(17)34(3)33-25(18)40(36,37)29-2/h5-9,11-12,20,29H,10H2,1-4H3,(H,30,35). The normalized spacial score (nSPS) is 12.8. The van der Waals surface area contributed by atoms with Crippen LogP contribution in [-0.2, 0) is 28.3 Å². The molecule has 0 bridgehead atoms. The van der Waals surface area contributed by atoms with E-state index < -0.39 is 27.7 Å². The largest absolute Gasteiger partial charge is 0.348 e. The van der Waals surface area contributed by atoms with Crippen LogP contribution in [0.2, 0.25) is 0 Å². The summed E-state index contributed by atoms with van der Waals surface area (Å²) < 4.78 is 58.9. The van der Waals surface area contributed by atoms with Gasteiger partial charge in [0, 0.05) is 36.6 Å². The first kappa shape index (κ1) is 28.1. The Kier molecular flexibility index (Phi) is 7.61. The van der Waals surface area contributed by atoms with E-state index in [-0.39, 0.29) is 17.4 Å². The molecule has 0 spiro atoms. The van der Waals surface area contributed by atoms with Gasteiger partial charge in [0.05, 0.1) is 22.0 Å². The number of benzene rings is 2. The van der Waals surface area contributed by atoms with Crippen LogP contribution in [-0.4, -0.2) is 47.4 Å². The van der Waals surface area contributed by atoms with Gasteiger partial charge in [-0.2, -0.15) is 5.10 Å². The van der Waals surface area contributed by atoms with E-state index in [1.54, 1.807) is 19.2 Å². The van der Waals surface area contributed by atoms with Crippen molar-refractivity contribution in [2.24, 2.45) is 7.05 Å². The number of hydrogen-bond acceptors (Lipinski definition) is 8. The number of aryl methyl sites for hydroxylation is 1. The molecule has 3 heterocycles. The van der Waals surface area contributed by atoms with Gasteiger partial charge in [-0.15, -0.1) is 11.3 Å². The van der Waals surface area contributed by atoms with Crippen molar-refractivity contribution < 1.29 is 22.0 Å². The Morgan fingerprint density at radius 1 is 1.12 bits per heavy atom. The van der Waals surface area contributed by atoms with E-state index in [9.17, 15) is 22.0 Å². The molecule has 5 rings (SSSR count). The van der Waals surface area contributed by atoms with E-state index in [0.29, 0.717) is 38.9 Å². The van der Waals surface area contributed by atoms with E-state index in [1.165, 1.54) is 53.9 Å². The van der Waals surface area contributed by atoms with Gasteiger partial charge in [0.25, 0.3) is 10.0 Å². The number of para-hydroxylation sites is 1. The number of thiazole rings is 1. The number of hydrogen-bond donors (Lipinski definition) is 2. The van der Waals surface area contributed by atoms with Crippen LogP contribution in [0.5, 0.6) is 0 Å². The summed E-state index contributed by atoms with van der Waals surface area (Å²) in [6.45, 7) is 1.35. The third-order valence-corrected chi connectivity index (χ3v) is 9.61. The zero-order valence-corrected chi connectivity index (χ0v) is 24.3. The fourth-order valence-corrected chi connectivity index (χ4v) is 7.01. The van der Waals surface area contributed by atoms with Crippen molar-refractivity contribution >= 4 is 60.3 Å². The third-order valence-electron chi connectivity index (χ3n) is 6.28. The molecule has 0 saturated heterocycles. The number of sulfonamides is 1. The summed E-state index contributed by atoms with van der Waals surface area (Å²) in [4.78, 5) is 21.8. The molecule has 40 heavy (non-hydrogen) atoms. The second-order valence-corrected chi connectivity index (χ2v) is 12.9. The van der Waals surface area contributed by atoms with Gasteiger partial charge in [0.2, 0.25) is 5.91 Å². The van der Waals surface area contributed by atoms with Gasteiger partial charge in [-0.3, -0.25) is 9.48 Å². The first-order valence-electron chi connectivity index (χ1n) is 12.0. The summed E-state index contributed by atoms with van der Waals surface area (Å²) in [5.41, 5.74) is 2.96. The van der Waals surface area contributed by atoms with Crippen LogP contribution >= 0.6 is 23.1 Å². The number of rotatable bonds is 8. The molecule has 2 aromatic carbocycles. The van der Waals surface area contributed by atoms with Gasteiger partial charge < -0.3 is 5.32 Å². The molecule has 9 nitrogen and oxygen atoms in total. The molecular formula is C26H24F2N6O3S3. The van der Waals surface area contributed by atoms with Gasteiger partial charge in [0.15, 0.2) is 15.0 Å². The lowest BCUT2D eigenvalue weighted by Crippen LogP contribution is -2.29. The average Bonchev–Trinajstić information content (AvgIpc) is 3.47. The number of thioether (sulfide) groups is 1. The molecule has 0 aliphatic rings. The molecule has 0 aliphatic carbocycles. The number of nitrogens with one attached hydrogen (secondary N) is 2. The van der Waals surface area contributed by atoms with Crippen LogP contribution < -0.4 is 10.0 Å². The summed E-state index contributed by atoms with van der Waals surface area (Å²) in [5.74, 6) is -1.83. The van der Waals surface area contributed by atoms with Crippen molar-refractivity contribution in [3.8, 4) is 11.1 Å². The van der Waals surface area contributed by atoms with Gasteiger partial charge in [0.1, 0.15) is 11.6 Å². The van der Waals surface area contributed by atoms with Crippen LogP contribution in [0.4, 0.5) is 8.78 Å². The highest BCUT2D eigenvalue weighted by molar-refractivity contribution is 8.00. The van der Waals surface area contributed by atoms with Crippen molar-refractivity contribution in [2.45, 2.75) is 28.8 Å². The summed E-state index contributed by atoms with van der Waals surface area (Å²) in [5, 5.41) is 7.44. The predicted octanol–water partition coefficient (Wildman–Crippen LogP) is 4.57. The Balaban J connectivity index is 1.80. The van der Waals surface area contributed by atoms with Gasteiger partial charge in [-0.1, -0.05) is 23.9 Å². The van der Waals surface area contributed by atoms with Gasteiger partial charge in [-0.05, 0) is 49.6 Å². The number of nitrogens with zero attached hydrogens (tertiary/aromatic N) is 4. The number of aromatic nitrogens is 4. The minimum Gasteiger partial charge on any atom is -0.348 e. The predicted molar refractivity (Wildman–Crippen MR) is 152 cm³/mol. The van der Waals surface area contributed by atoms with Gasteiger partial charge >= 0.3 is 0 Å². The van der Waals surface area contributed by atoms with Crippen molar-refractivity contribution in [1.82, 2.24) is 29.8 Å². The second kappa shape index (κ2) is 10.8. The van der Waals surface area contributed by atoms with Crippen LogP contribution in [0.3, 0.4) is 0 Å². The lowest BCUT2D eigenvalue weighted by Gasteiger charge is -2.21. The Morgan fingerprint density at radius 2 is 1.85 bits per heavy atom. The number of carbonyl (C=O) groups is 1. The van der Waals surface area contributed by atoms with Crippen LogP contribution in [0.15, 0.2) is 51.8 Å². The highest BCUT2D eigenvalue weighted by Gasteiger charge is 2.27. The maximum atomic E-state index is 14.1. The fraction of sp³-hybridized carbons (Fsp3) is 0.231. The smallest absolute Gasteiger partial charge is 0.260 e. The zero-order valence-electron chi connectivity index (χ0n) is 21.8. The Bertz CT molecular complexity index is 1870. The first-order chi connectivity index (χ1) is 19.0. The van der Waals surface area contributed by atoms with Crippen LogP contribution in [0.25, 0.3) is 32.4 Å². The summed E-state index contributed by atoms with van der Waals surface area (Å²) >= 11 is 2.91. The molecule has 14 heteroatoms. The monoisotopic (exact) mass is 602 g/mol. The maximum Gasteiger partial charge on any atom is 0.260 e. The van der Waals surface area contributed by atoms with Crippen molar-refractivity contribution in [2.75, 3.05) is 13.3 Å². The molecule has 0 aliphatic heterocycles. The minimum atomic E-state index is -3.87. The van der Waals surface area contributed by atoms with E-state index in [2.05, 4.69) is 20.1 Å². The molecular weight excluding hydrogens is 579 g/mol. The van der Waals surface area contributed by atoms with E-state index in [0.717, 1.165) is 15.1 Å². The summed E-state index contributed by atoms with van der Waals surface area (Å²) in [7, 11) is -0.905. The number of pyridine rings is 1. The van der Waals surface area contributed by atoms with E-state index in [1.807, 2.05) is 18.4 Å². The molecule has 0 radical (unpaired) electrons. The number of amides is 1.